The van der Waals surface area contributed by atoms with Gasteiger partial charge in [-0.2, -0.15) is 0 Å². The number of benzene rings is 4. The van der Waals surface area contributed by atoms with Gasteiger partial charge in [0.25, 0.3) is 0 Å². The Balaban J connectivity index is 1.33. The van der Waals surface area contributed by atoms with Gasteiger partial charge < -0.3 is 9.05 Å². The van der Waals surface area contributed by atoms with Gasteiger partial charge in [-0.05, 0) is 25.7 Å². The Morgan fingerprint density at radius 2 is 0.639 bits per heavy atom. The van der Waals surface area contributed by atoms with Crippen LogP contribution >= 0.6 is 12.5 Å². The van der Waals surface area contributed by atoms with Crippen molar-refractivity contribution in [2.75, 3.05) is 0 Å². The lowest BCUT2D eigenvalue weighted by atomic mass is 9.95. The Morgan fingerprint density at radius 1 is 0.417 bits per heavy atom. The quantitative estimate of drug-likeness (QED) is 0.237. The summed E-state index contributed by atoms with van der Waals surface area (Å²) < 4.78 is 13.7. The van der Waals surface area contributed by atoms with Crippen LogP contribution in [0.2, 0.25) is 0 Å². The van der Waals surface area contributed by atoms with Gasteiger partial charge in [0.1, 0.15) is 12.5 Å². The second-order valence-corrected chi connectivity index (χ2v) is 16.8. The Hall–Kier alpha value is -1.90. The van der Waals surface area contributed by atoms with E-state index in [-0.39, 0.29) is 12.2 Å². The van der Waals surface area contributed by atoms with Crippen molar-refractivity contribution in [1.82, 2.24) is 0 Å². The third-order valence-electron chi connectivity index (χ3n) is 6.60. The lowest BCUT2D eigenvalue weighted by Crippen LogP contribution is -2.30. The second-order valence-electron chi connectivity index (χ2n) is 9.05. The highest BCUT2D eigenvalue weighted by molar-refractivity contribution is 8.19. The molecule has 0 aromatic heterocycles. The van der Waals surface area contributed by atoms with Gasteiger partial charge in [0.15, 0.2) is 0 Å². The summed E-state index contributed by atoms with van der Waals surface area (Å²) in [5.41, 5.74) is 0. The van der Waals surface area contributed by atoms with Crippen LogP contribution in [0.5, 0.6) is 0 Å². The molecule has 0 spiro atoms. The average molecular weight is 549 g/mol. The molecule has 0 radical (unpaired) electrons. The standard InChI is InChI=1S/C30H30O2P2S2/c35-33(27-13-5-1-6-14-27,28-15-7-2-8-16-28)31-25-21-23-26(24-22-25)32-34(36,29-17-9-3-10-18-29)30-19-11-4-12-20-30/h1-20,25-26H,21-24H2. The van der Waals surface area contributed by atoms with Crippen molar-refractivity contribution in [3.05, 3.63) is 121 Å². The van der Waals surface area contributed by atoms with Crippen molar-refractivity contribution in [2.45, 2.75) is 37.9 Å². The summed E-state index contributed by atoms with van der Waals surface area (Å²) in [6.45, 7) is 0. The number of rotatable bonds is 8. The third-order valence-corrected chi connectivity index (χ3v) is 14.7. The first-order valence-corrected chi connectivity index (χ1v) is 17.8. The van der Waals surface area contributed by atoms with E-state index in [1.807, 2.05) is 72.8 Å². The van der Waals surface area contributed by atoms with Crippen LogP contribution in [-0.4, -0.2) is 12.2 Å². The molecule has 36 heavy (non-hydrogen) atoms. The predicted octanol–water partition coefficient (Wildman–Crippen LogP) is 6.42. The molecule has 1 fully saturated rings. The SMILES string of the molecule is S=P(OC1CCC(OP(=S)(c2ccccc2)c2ccccc2)CC1)(c1ccccc1)c1ccccc1. The van der Waals surface area contributed by atoms with E-state index in [0.29, 0.717) is 0 Å². The van der Waals surface area contributed by atoms with E-state index in [2.05, 4.69) is 48.5 Å². The molecular weight excluding hydrogens is 518 g/mol. The van der Waals surface area contributed by atoms with Gasteiger partial charge in [0, 0.05) is 21.2 Å². The summed E-state index contributed by atoms with van der Waals surface area (Å²) in [6.07, 6.45) is -0.840. The molecule has 0 unspecified atom stereocenters. The molecule has 184 valence electrons. The van der Waals surface area contributed by atoms with Crippen molar-refractivity contribution in [2.24, 2.45) is 0 Å². The van der Waals surface area contributed by atoms with E-state index >= 15 is 0 Å². The fourth-order valence-corrected chi connectivity index (χ4v) is 11.5. The van der Waals surface area contributed by atoms with E-state index in [4.69, 9.17) is 32.7 Å². The first kappa shape index (κ1) is 25.7. The molecule has 1 aliphatic rings. The van der Waals surface area contributed by atoms with Crippen LogP contribution in [0.1, 0.15) is 25.7 Å². The molecule has 0 amide bonds. The maximum absolute atomic E-state index is 6.85. The minimum atomic E-state index is -2.37. The molecule has 4 aromatic carbocycles. The lowest BCUT2D eigenvalue weighted by Gasteiger charge is -2.36. The summed E-state index contributed by atoms with van der Waals surface area (Å²) in [7, 11) is 0. The predicted molar refractivity (Wildman–Crippen MR) is 161 cm³/mol. The molecule has 2 nitrogen and oxygen atoms in total. The van der Waals surface area contributed by atoms with Gasteiger partial charge in [0.05, 0.1) is 12.2 Å². The molecule has 0 atom stereocenters. The first-order chi connectivity index (χ1) is 17.6. The largest absolute Gasteiger partial charge is 0.339 e. The summed E-state index contributed by atoms with van der Waals surface area (Å²) in [6, 6.07) is 41.4. The Morgan fingerprint density at radius 3 is 0.861 bits per heavy atom. The van der Waals surface area contributed by atoms with Crippen molar-refractivity contribution in [1.29, 1.82) is 0 Å². The zero-order valence-electron chi connectivity index (χ0n) is 20.1. The smallest absolute Gasteiger partial charge is 0.123 e. The molecule has 0 N–H and O–H groups in total. The van der Waals surface area contributed by atoms with Gasteiger partial charge in [-0.25, -0.2) is 0 Å². The maximum Gasteiger partial charge on any atom is 0.123 e. The van der Waals surface area contributed by atoms with E-state index in [9.17, 15) is 0 Å². The third kappa shape index (κ3) is 5.65. The average Bonchev–Trinajstić information content (AvgIpc) is 2.96. The molecule has 0 aliphatic heterocycles. The highest BCUT2D eigenvalue weighted by Crippen LogP contribution is 2.51. The van der Waals surface area contributed by atoms with E-state index in [1.54, 1.807) is 0 Å². The molecule has 1 saturated carbocycles. The van der Waals surface area contributed by atoms with Crippen LogP contribution in [-0.2, 0) is 32.7 Å². The van der Waals surface area contributed by atoms with Crippen LogP contribution < -0.4 is 21.2 Å². The van der Waals surface area contributed by atoms with Crippen LogP contribution in [0.25, 0.3) is 0 Å². The van der Waals surface area contributed by atoms with E-state index in [1.165, 1.54) is 0 Å². The first-order valence-electron chi connectivity index (χ1n) is 12.4. The summed E-state index contributed by atoms with van der Waals surface area (Å²) in [5.74, 6) is 0. The maximum atomic E-state index is 6.85. The normalized spacial score (nSPS) is 18.6. The monoisotopic (exact) mass is 548 g/mol. The van der Waals surface area contributed by atoms with Crippen molar-refractivity contribution >= 4 is 57.4 Å². The zero-order valence-corrected chi connectivity index (χ0v) is 23.5. The Bertz CT molecular complexity index is 1150. The van der Waals surface area contributed by atoms with Crippen LogP contribution in [0.15, 0.2) is 121 Å². The molecule has 0 bridgehead atoms. The van der Waals surface area contributed by atoms with Crippen LogP contribution in [0.4, 0.5) is 0 Å². The van der Waals surface area contributed by atoms with Crippen LogP contribution in [0.3, 0.4) is 0 Å². The summed E-state index contributed by atoms with van der Waals surface area (Å²) in [4.78, 5) is 0. The molecule has 4 aromatic rings. The number of hydrogen-bond donors (Lipinski definition) is 0. The van der Waals surface area contributed by atoms with E-state index in [0.717, 1.165) is 46.9 Å². The van der Waals surface area contributed by atoms with Gasteiger partial charge in [0.2, 0.25) is 0 Å². The van der Waals surface area contributed by atoms with Crippen molar-refractivity contribution < 1.29 is 9.05 Å². The lowest BCUT2D eigenvalue weighted by molar-refractivity contribution is 0.0983. The minimum Gasteiger partial charge on any atom is -0.339 e. The molecule has 0 saturated heterocycles. The van der Waals surface area contributed by atoms with Gasteiger partial charge >= 0.3 is 0 Å². The highest BCUT2D eigenvalue weighted by atomic mass is 32.4. The Kier molecular flexibility index (Phi) is 8.33. The zero-order chi connectivity index (χ0) is 24.8. The van der Waals surface area contributed by atoms with Gasteiger partial charge in [-0.3, -0.25) is 0 Å². The van der Waals surface area contributed by atoms with Gasteiger partial charge in [-0.15, -0.1) is 0 Å². The minimum absolute atomic E-state index is 0.113. The second kappa shape index (κ2) is 11.7. The molecule has 1 aliphatic carbocycles. The fraction of sp³-hybridized carbons (Fsp3) is 0.200. The number of hydrogen-bond acceptors (Lipinski definition) is 4. The summed E-state index contributed by atoms with van der Waals surface area (Å²) >= 11 is 12.6. The van der Waals surface area contributed by atoms with Crippen molar-refractivity contribution in [3.8, 4) is 0 Å². The topological polar surface area (TPSA) is 18.5 Å². The van der Waals surface area contributed by atoms with Gasteiger partial charge in [-0.1, -0.05) is 145 Å². The molecule has 0 heterocycles. The van der Waals surface area contributed by atoms with Crippen LogP contribution in [0, 0.1) is 0 Å². The highest BCUT2D eigenvalue weighted by Gasteiger charge is 2.33. The molecular formula is C30H30O2P2S2. The summed E-state index contributed by atoms with van der Waals surface area (Å²) in [5, 5.41) is 4.42. The fourth-order valence-electron chi connectivity index (χ4n) is 4.70. The van der Waals surface area contributed by atoms with E-state index < -0.39 is 12.5 Å². The molecule has 5 rings (SSSR count). The van der Waals surface area contributed by atoms with Crippen molar-refractivity contribution in [3.63, 3.8) is 0 Å². The Labute approximate surface area is 224 Å². The molecule has 6 heteroatoms.